The highest BCUT2D eigenvalue weighted by atomic mass is 35.5. The van der Waals surface area contributed by atoms with Crippen molar-refractivity contribution in [2.45, 2.75) is 24.7 Å². The lowest BCUT2D eigenvalue weighted by atomic mass is 9.76. The van der Waals surface area contributed by atoms with Crippen LogP contribution in [-0.4, -0.2) is 19.3 Å². The summed E-state index contributed by atoms with van der Waals surface area (Å²) in [5.74, 6) is 0.731. The number of hydrogen-bond acceptors (Lipinski definition) is 2. The summed E-state index contributed by atoms with van der Waals surface area (Å²) >= 11 is 12.5. The lowest BCUT2D eigenvalue weighted by molar-refractivity contribution is 0.571. The molecule has 2 heterocycles. The molecule has 0 fully saturated rings. The molecule has 0 unspecified atom stereocenters. The van der Waals surface area contributed by atoms with Gasteiger partial charge in [0.25, 0.3) is 0 Å². The van der Waals surface area contributed by atoms with Crippen LogP contribution in [0.15, 0.2) is 96.0 Å². The van der Waals surface area contributed by atoms with Crippen molar-refractivity contribution >= 4 is 40.8 Å². The Hall–Kier alpha value is -3.07. The predicted molar refractivity (Wildman–Crippen MR) is 148 cm³/mol. The summed E-state index contributed by atoms with van der Waals surface area (Å²) in [5.41, 5.74) is 8.76. The Morgan fingerprint density at radius 3 is 1.83 bits per heavy atom. The predicted octanol–water partition coefficient (Wildman–Crippen LogP) is 8.62. The van der Waals surface area contributed by atoms with Crippen molar-refractivity contribution in [1.29, 1.82) is 0 Å². The van der Waals surface area contributed by atoms with E-state index in [0.29, 0.717) is 21.9 Å². The lowest BCUT2D eigenvalue weighted by Crippen LogP contribution is -2.37. The average Bonchev–Trinajstić information content (AvgIpc) is 2.89. The standard InChI is InChI=1S/C31H26Cl2N2/c32-24-12-11-23(30(33)17-24)20-34-25-18-28-26(21-7-3-1-4-8-21)13-15-35-16-14-27(29(19-25)31(28)35)22-9-5-2-6-10-22/h1-12,17-20,26-27H,13-16H2/t26-,27-/m0/s1. The van der Waals surface area contributed by atoms with Gasteiger partial charge in [0, 0.05) is 47.4 Å². The van der Waals surface area contributed by atoms with Crippen LogP contribution in [0.1, 0.15) is 52.5 Å². The molecule has 2 atom stereocenters. The third-order valence-electron chi connectivity index (χ3n) is 7.32. The molecule has 2 aliphatic rings. The first-order valence-electron chi connectivity index (χ1n) is 12.2. The maximum absolute atomic E-state index is 6.42. The fourth-order valence-corrected chi connectivity index (χ4v) is 6.12. The van der Waals surface area contributed by atoms with Crippen molar-refractivity contribution in [3.05, 3.63) is 129 Å². The molecule has 0 spiro atoms. The van der Waals surface area contributed by atoms with E-state index in [9.17, 15) is 0 Å². The van der Waals surface area contributed by atoms with Crippen LogP contribution in [0.3, 0.4) is 0 Å². The molecular formula is C31H26Cl2N2. The summed E-state index contributed by atoms with van der Waals surface area (Å²) in [7, 11) is 0. The van der Waals surface area contributed by atoms with Gasteiger partial charge in [0.05, 0.1) is 10.7 Å². The van der Waals surface area contributed by atoms with Crippen LogP contribution in [-0.2, 0) is 0 Å². The smallest absolute Gasteiger partial charge is 0.0637 e. The van der Waals surface area contributed by atoms with E-state index < -0.39 is 0 Å². The van der Waals surface area contributed by atoms with Crippen molar-refractivity contribution in [2.24, 2.45) is 4.99 Å². The first-order chi connectivity index (χ1) is 17.2. The third-order valence-corrected chi connectivity index (χ3v) is 7.88. The first kappa shape index (κ1) is 22.4. The molecule has 2 aliphatic heterocycles. The van der Waals surface area contributed by atoms with E-state index in [-0.39, 0.29) is 0 Å². The molecule has 0 bridgehead atoms. The molecule has 0 aromatic heterocycles. The van der Waals surface area contributed by atoms with E-state index in [1.54, 1.807) is 6.07 Å². The maximum Gasteiger partial charge on any atom is 0.0637 e. The second kappa shape index (κ2) is 9.53. The van der Waals surface area contributed by atoms with Crippen molar-refractivity contribution in [2.75, 3.05) is 18.0 Å². The van der Waals surface area contributed by atoms with E-state index in [1.165, 1.54) is 27.9 Å². The summed E-state index contributed by atoms with van der Waals surface area (Å²) in [4.78, 5) is 7.51. The zero-order valence-corrected chi connectivity index (χ0v) is 20.9. The summed E-state index contributed by atoms with van der Waals surface area (Å²) in [6.07, 6.45) is 4.08. The molecule has 0 amide bonds. The second-order valence-corrected chi connectivity index (χ2v) is 10.2. The van der Waals surface area contributed by atoms with Crippen molar-refractivity contribution in [3.8, 4) is 0 Å². The third kappa shape index (κ3) is 4.37. The summed E-state index contributed by atoms with van der Waals surface area (Å²) in [5, 5.41) is 1.23. The van der Waals surface area contributed by atoms with Gasteiger partial charge in [0.15, 0.2) is 0 Å². The number of nitrogens with zero attached hydrogens (tertiary/aromatic N) is 2. The van der Waals surface area contributed by atoms with Crippen molar-refractivity contribution in [1.82, 2.24) is 0 Å². The highest BCUT2D eigenvalue weighted by molar-refractivity contribution is 6.36. The largest absolute Gasteiger partial charge is 0.371 e. The number of benzene rings is 4. The van der Waals surface area contributed by atoms with Crippen LogP contribution < -0.4 is 4.90 Å². The Morgan fingerprint density at radius 1 is 0.714 bits per heavy atom. The van der Waals surface area contributed by atoms with Crippen LogP contribution in [0.2, 0.25) is 10.0 Å². The Balaban J connectivity index is 1.50. The van der Waals surface area contributed by atoms with Crippen molar-refractivity contribution in [3.63, 3.8) is 0 Å². The van der Waals surface area contributed by atoms with Gasteiger partial charge in [-0.15, -0.1) is 0 Å². The van der Waals surface area contributed by atoms with E-state index in [2.05, 4.69) is 77.7 Å². The average molecular weight is 497 g/mol. The van der Waals surface area contributed by atoms with Gasteiger partial charge in [-0.05, 0) is 59.4 Å². The molecule has 0 N–H and O–H groups in total. The number of anilines is 1. The second-order valence-electron chi connectivity index (χ2n) is 9.39. The van der Waals surface area contributed by atoms with Gasteiger partial charge in [-0.1, -0.05) is 89.9 Å². The number of aliphatic imine (C=N–C) groups is 1. The quantitative estimate of drug-likeness (QED) is 0.258. The maximum atomic E-state index is 6.42. The molecule has 4 heteroatoms. The molecule has 174 valence electrons. The summed E-state index contributed by atoms with van der Waals surface area (Å²) in [6, 6.07) is 31.9. The topological polar surface area (TPSA) is 15.6 Å². The summed E-state index contributed by atoms with van der Waals surface area (Å²) in [6.45, 7) is 2.17. The zero-order chi connectivity index (χ0) is 23.8. The van der Waals surface area contributed by atoms with Gasteiger partial charge in [-0.25, -0.2) is 0 Å². The monoisotopic (exact) mass is 496 g/mol. The summed E-state index contributed by atoms with van der Waals surface area (Å²) < 4.78 is 0. The fourth-order valence-electron chi connectivity index (χ4n) is 5.66. The van der Waals surface area contributed by atoms with E-state index >= 15 is 0 Å². The van der Waals surface area contributed by atoms with E-state index in [4.69, 9.17) is 28.2 Å². The normalized spacial score (nSPS) is 19.1. The Labute approximate surface area is 216 Å². The van der Waals surface area contributed by atoms with Gasteiger partial charge in [-0.2, -0.15) is 0 Å². The van der Waals surface area contributed by atoms with E-state index in [1.807, 2.05) is 18.3 Å². The Bertz CT molecular complexity index is 1310. The van der Waals surface area contributed by atoms with Crippen LogP contribution in [0.25, 0.3) is 0 Å². The van der Waals surface area contributed by atoms with Crippen LogP contribution in [0.5, 0.6) is 0 Å². The minimum Gasteiger partial charge on any atom is -0.371 e. The molecule has 6 rings (SSSR count). The van der Waals surface area contributed by atoms with E-state index in [0.717, 1.165) is 37.2 Å². The molecule has 4 aromatic rings. The molecule has 0 radical (unpaired) electrons. The number of hydrogen-bond donors (Lipinski definition) is 0. The lowest BCUT2D eigenvalue weighted by Gasteiger charge is -2.43. The SMILES string of the molecule is Clc1ccc(C=Nc2cc3c4c(c2)[C@H](c2ccccc2)CCN4CC[C@H]3c2ccccc2)c(Cl)c1. The molecular weight excluding hydrogens is 471 g/mol. The van der Waals surface area contributed by atoms with Crippen LogP contribution >= 0.6 is 23.2 Å². The zero-order valence-electron chi connectivity index (χ0n) is 19.4. The molecule has 2 nitrogen and oxygen atoms in total. The highest BCUT2D eigenvalue weighted by Crippen LogP contribution is 2.49. The highest BCUT2D eigenvalue weighted by Gasteiger charge is 2.35. The van der Waals surface area contributed by atoms with Gasteiger partial charge >= 0.3 is 0 Å². The Morgan fingerprint density at radius 2 is 1.29 bits per heavy atom. The molecule has 0 saturated carbocycles. The molecule has 4 aromatic carbocycles. The van der Waals surface area contributed by atoms with Crippen LogP contribution in [0.4, 0.5) is 11.4 Å². The molecule has 0 saturated heterocycles. The molecule has 0 aliphatic carbocycles. The molecule has 35 heavy (non-hydrogen) atoms. The van der Waals surface area contributed by atoms with Gasteiger partial charge in [0.2, 0.25) is 0 Å². The van der Waals surface area contributed by atoms with Gasteiger partial charge in [-0.3, -0.25) is 4.99 Å². The minimum absolute atomic E-state index is 0.366. The minimum atomic E-state index is 0.366. The van der Waals surface area contributed by atoms with Crippen LogP contribution in [0, 0.1) is 0 Å². The van der Waals surface area contributed by atoms with Gasteiger partial charge in [0.1, 0.15) is 0 Å². The number of rotatable bonds is 4. The van der Waals surface area contributed by atoms with Crippen molar-refractivity contribution < 1.29 is 0 Å². The van der Waals surface area contributed by atoms with Gasteiger partial charge < -0.3 is 4.90 Å². The number of halogens is 2. The first-order valence-corrected chi connectivity index (χ1v) is 12.9. The Kier molecular flexibility index (Phi) is 6.10. The fraction of sp³-hybridized carbons (Fsp3) is 0.194.